The Morgan fingerprint density at radius 2 is 1.85 bits per heavy atom. The van der Waals surface area contributed by atoms with E-state index < -0.39 is 24.0 Å². The first-order chi connectivity index (χ1) is 9.45. The fourth-order valence-corrected chi connectivity index (χ4v) is 1.56. The summed E-state index contributed by atoms with van der Waals surface area (Å²) in [6, 6.07) is 6.18. The number of nitrogens with two attached hydrogens (primary N) is 1. The Kier molecular flexibility index (Phi) is 6.62. The second-order valence-corrected chi connectivity index (χ2v) is 4.42. The molecule has 0 aliphatic carbocycles. The number of hydrogen-bond donors (Lipinski definition) is 4. The predicted molar refractivity (Wildman–Crippen MR) is 72.3 cm³/mol. The molecule has 0 aliphatic heterocycles. The van der Waals surface area contributed by atoms with E-state index in [4.69, 9.17) is 16.1 Å². The van der Waals surface area contributed by atoms with Crippen LogP contribution in [0.2, 0.25) is 0 Å². The van der Waals surface area contributed by atoms with Crippen molar-refractivity contribution < 1.29 is 24.7 Å². The predicted octanol–water partition coefficient (Wildman–Crippen LogP) is 0.00500. The van der Waals surface area contributed by atoms with Gasteiger partial charge in [0, 0.05) is 12.2 Å². The molecule has 2 atom stereocenters. The lowest BCUT2D eigenvalue weighted by Crippen LogP contribution is -2.43. The summed E-state index contributed by atoms with van der Waals surface area (Å²) in [7, 11) is 0. The maximum atomic E-state index is 11.7. The SMILES string of the molecule is N[C@@H](CS)C(=O)OC(=O)[C@H](Cc1ccccc1)N(O)O. The Morgan fingerprint density at radius 1 is 1.25 bits per heavy atom. The number of nitrogens with zero attached hydrogens (tertiary/aromatic N) is 1. The van der Waals surface area contributed by atoms with Crippen LogP contribution >= 0.6 is 12.6 Å². The number of hydrogen-bond acceptors (Lipinski definition) is 8. The summed E-state index contributed by atoms with van der Waals surface area (Å²) in [5, 5.41) is 17.9. The third kappa shape index (κ3) is 4.91. The summed E-state index contributed by atoms with van der Waals surface area (Å²) >= 11 is 3.80. The molecule has 0 saturated carbocycles. The van der Waals surface area contributed by atoms with E-state index in [9.17, 15) is 9.59 Å². The average molecular weight is 300 g/mol. The number of carbonyl (C=O) groups is 2. The molecule has 110 valence electrons. The molecule has 7 nitrogen and oxygen atoms in total. The minimum atomic E-state index is -1.42. The Hall–Kier alpha value is -1.45. The monoisotopic (exact) mass is 300 g/mol. The molecule has 1 aromatic rings. The first kappa shape index (κ1) is 16.6. The second kappa shape index (κ2) is 7.98. The zero-order valence-corrected chi connectivity index (χ0v) is 11.4. The minimum Gasteiger partial charge on any atom is -0.391 e. The van der Waals surface area contributed by atoms with Crippen molar-refractivity contribution in [2.24, 2.45) is 5.73 Å². The van der Waals surface area contributed by atoms with E-state index in [-0.39, 0.29) is 17.4 Å². The molecule has 20 heavy (non-hydrogen) atoms. The summed E-state index contributed by atoms with van der Waals surface area (Å²) < 4.78 is 4.49. The van der Waals surface area contributed by atoms with E-state index in [0.29, 0.717) is 5.56 Å². The van der Waals surface area contributed by atoms with Crippen molar-refractivity contribution in [2.45, 2.75) is 18.5 Å². The highest BCUT2D eigenvalue weighted by Gasteiger charge is 2.29. The van der Waals surface area contributed by atoms with Gasteiger partial charge in [-0.15, -0.1) is 0 Å². The molecule has 8 heteroatoms. The molecule has 0 bridgehead atoms. The number of rotatable bonds is 6. The van der Waals surface area contributed by atoms with Crippen LogP contribution in [0.25, 0.3) is 0 Å². The average Bonchev–Trinajstić information content (AvgIpc) is 2.44. The smallest absolute Gasteiger partial charge is 0.336 e. The highest BCUT2D eigenvalue weighted by atomic mass is 32.1. The van der Waals surface area contributed by atoms with Gasteiger partial charge in [-0.25, -0.2) is 9.59 Å². The third-order valence-electron chi connectivity index (χ3n) is 2.52. The summed E-state index contributed by atoms with van der Waals surface area (Å²) in [5.74, 6) is -2.05. The molecule has 0 aromatic heterocycles. The van der Waals surface area contributed by atoms with Crippen LogP contribution < -0.4 is 5.73 Å². The van der Waals surface area contributed by atoms with Gasteiger partial charge in [0.05, 0.1) is 0 Å². The summed E-state index contributed by atoms with van der Waals surface area (Å²) in [6.45, 7) is 0. The van der Waals surface area contributed by atoms with Gasteiger partial charge in [0.25, 0.3) is 0 Å². The Labute approximate surface area is 121 Å². The highest BCUT2D eigenvalue weighted by molar-refractivity contribution is 7.80. The topological polar surface area (TPSA) is 113 Å². The van der Waals surface area contributed by atoms with Gasteiger partial charge >= 0.3 is 11.9 Å². The first-order valence-corrected chi connectivity index (χ1v) is 6.41. The second-order valence-electron chi connectivity index (χ2n) is 4.06. The van der Waals surface area contributed by atoms with Gasteiger partial charge < -0.3 is 10.5 Å². The first-order valence-electron chi connectivity index (χ1n) is 5.78. The fourth-order valence-electron chi connectivity index (χ4n) is 1.41. The van der Waals surface area contributed by atoms with E-state index in [1.54, 1.807) is 30.3 Å². The van der Waals surface area contributed by atoms with Gasteiger partial charge in [-0.05, 0) is 5.56 Å². The molecule has 4 N–H and O–H groups in total. The molecule has 0 aliphatic rings. The molecule has 0 spiro atoms. The lowest BCUT2D eigenvalue weighted by molar-refractivity contribution is -0.327. The molecule has 0 fully saturated rings. The number of thiol groups is 1. The summed E-state index contributed by atoms with van der Waals surface area (Å²) in [4.78, 5) is 23.1. The van der Waals surface area contributed by atoms with E-state index in [1.807, 2.05) is 0 Å². The van der Waals surface area contributed by atoms with E-state index in [1.165, 1.54) is 0 Å². The van der Waals surface area contributed by atoms with Crippen LogP contribution in [0, 0.1) is 0 Å². The van der Waals surface area contributed by atoms with Crippen molar-refractivity contribution >= 4 is 24.6 Å². The standard InChI is InChI=1S/C12H16N2O5S/c13-9(7-20)11(15)19-12(16)10(14(17)18)6-8-4-2-1-3-5-8/h1-5,9-10,17-18,20H,6-7,13H2/t9-,10-/m0/s1. The van der Waals surface area contributed by atoms with Gasteiger partial charge in [-0.1, -0.05) is 35.6 Å². The quantitative estimate of drug-likeness (QED) is 0.253. The van der Waals surface area contributed by atoms with Gasteiger partial charge in [0.15, 0.2) is 6.04 Å². The van der Waals surface area contributed by atoms with E-state index >= 15 is 0 Å². The molecular weight excluding hydrogens is 284 g/mol. The molecule has 0 amide bonds. The van der Waals surface area contributed by atoms with Crippen LogP contribution in [0.3, 0.4) is 0 Å². The maximum absolute atomic E-state index is 11.7. The number of carbonyl (C=O) groups excluding carboxylic acids is 2. The Balaban J connectivity index is 2.71. The zero-order valence-electron chi connectivity index (χ0n) is 10.5. The highest BCUT2D eigenvalue weighted by Crippen LogP contribution is 2.08. The van der Waals surface area contributed by atoms with Crippen LogP contribution in [0.5, 0.6) is 0 Å². The van der Waals surface area contributed by atoms with Gasteiger partial charge in [0.1, 0.15) is 6.04 Å². The normalized spacial score (nSPS) is 13.8. The van der Waals surface area contributed by atoms with Crippen molar-refractivity contribution in [1.29, 1.82) is 0 Å². The van der Waals surface area contributed by atoms with Crippen molar-refractivity contribution in [1.82, 2.24) is 5.23 Å². The minimum absolute atomic E-state index is 0.0113. The summed E-state index contributed by atoms with van der Waals surface area (Å²) in [6.07, 6.45) is -0.0317. The molecule has 0 saturated heterocycles. The van der Waals surface area contributed by atoms with Crippen LogP contribution in [-0.4, -0.2) is 45.4 Å². The molecular formula is C12H16N2O5S. The molecule has 0 unspecified atom stereocenters. The lowest BCUT2D eigenvalue weighted by atomic mass is 10.1. The van der Waals surface area contributed by atoms with Crippen LogP contribution in [0.1, 0.15) is 5.56 Å². The molecule has 1 rings (SSSR count). The van der Waals surface area contributed by atoms with Gasteiger partial charge in [0.2, 0.25) is 0 Å². The number of hydroxylamine groups is 2. The maximum Gasteiger partial charge on any atom is 0.336 e. The lowest BCUT2D eigenvalue weighted by Gasteiger charge is -2.19. The molecule has 1 aromatic carbocycles. The largest absolute Gasteiger partial charge is 0.391 e. The van der Waals surface area contributed by atoms with Crippen molar-refractivity contribution in [3.05, 3.63) is 35.9 Å². The number of esters is 2. The zero-order chi connectivity index (χ0) is 15.1. The van der Waals surface area contributed by atoms with Gasteiger partial charge in [-0.3, -0.25) is 10.4 Å². The van der Waals surface area contributed by atoms with Crippen LogP contribution in [-0.2, 0) is 20.7 Å². The fraction of sp³-hybridized carbons (Fsp3) is 0.333. The Bertz CT molecular complexity index is 454. The summed E-state index contributed by atoms with van der Waals surface area (Å²) in [5.41, 5.74) is 6.03. The van der Waals surface area contributed by atoms with Crippen molar-refractivity contribution in [3.8, 4) is 0 Å². The van der Waals surface area contributed by atoms with Crippen LogP contribution in [0.15, 0.2) is 30.3 Å². The molecule has 0 heterocycles. The number of benzene rings is 1. The van der Waals surface area contributed by atoms with Crippen molar-refractivity contribution in [3.63, 3.8) is 0 Å². The van der Waals surface area contributed by atoms with Crippen molar-refractivity contribution in [2.75, 3.05) is 5.75 Å². The van der Waals surface area contributed by atoms with Crippen LogP contribution in [0.4, 0.5) is 0 Å². The third-order valence-corrected chi connectivity index (χ3v) is 2.92. The van der Waals surface area contributed by atoms with E-state index in [2.05, 4.69) is 17.4 Å². The molecule has 0 radical (unpaired) electrons. The van der Waals surface area contributed by atoms with Gasteiger partial charge in [-0.2, -0.15) is 12.6 Å². The Morgan fingerprint density at radius 3 is 2.35 bits per heavy atom. The van der Waals surface area contributed by atoms with E-state index in [0.717, 1.165) is 0 Å². The number of ether oxygens (including phenoxy) is 1.